The van der Waals surface area contributed by atoms with Gasteiger partial charge in [-0.1, -0.05) is 12.1 Å². The Morgan fingerprint density at radius 2 is 2.20 bits per heavy atom. The van der Waals surface area contributed by atoms with E-state index in [2.05, 4.69) is 4.98 Å². The predicted octanol–water partition coefficient (Wildman–Crippen LogP) is 3.05. The molecular formula is C15H18ClN3O. The van der Waals surface area contributed by atoms with Crippen LogP contribution in [-0.4, -0.2) is 34.0 Å². The van der Waals surface area contributed by atoms with Crippen molar-refractivity contribution >= 4 is 28.5 Å². The molecule has 2 atom stereocenters. The second-order valence-corrected chi connectivity index (χ2v) is 6.12. The van der Waals surface area contributed by atoms with E-state index in [1.807, 2.05) is 43.7 Å². The van der Waals surface area contributed by atoms with E-state index >= 15 is 0 Å². The zero-order valence-corrected chi connectivity index (χ0v) is 12.7. The van der Waals surface area contributed by atoms with Gasteiger partial charge in [-0.15, -0.1) is 11.6 Å². The number of carbonyl (C=O) groups is 1. The lowest BCUT2D eigenvalue weighted by Crippen LogP contribution is -2.25. The van der Waals surface area contributed by atoms with Crippen LogP contribution in [0, 0.1) is 6.92 Å². The maximum atomic E-state index is 12.4. The third-order valence-electron chi connectivity index (χ3n) is 4.01. The summed E-state index contributed by atoms with van der Waals surface area (Å²) in [6.45, 7) is 4.73. The first-order valence-corrected chi connectivity index (χ1v) is 7.31. The van der Waals surface area contributed by atoms with Crippen molar-refractivity contribution in [3.8, 4) is 0 Å². The minimum Gasteiger partial charge on any atom is -0.344 e. The van der Waals surface area contributed by atoms with E-state index in [0.717, 1.165) is 35.4 Å². The number of carbonyl (C=O) groups excluding carboxylic acids is 1. The molecule has 5 heteroatoms. The number of aromatic nitrogens is 2. The molecule has 2 aromatic rings. The maximum absolute atomic E-state index is 12.4. The quantitative estimate of drug-likeness (QED) is 0.798. The summed E-state index contributed by atoms with van der Waals surface area (Å²) in [6.07, 6.45) is 0.811. The van der Waals surface area contributed by atoms with Crippen molar-refractivity contribution < 1.29 is 4.79 Å². The number of hydrogen-bond acceptors (Lipinski definition) is 2. The molecule has 0 bridgehead atoms. The highest BCUT2D eigenvalue weighted by atomic mass is 35.5. The van der Waals surface area contributed by atoms with Crippen molar-refractivity contribution in [1.82, 2.24) is 14.5 Å². The van der Waals surface area contributed by atoms with E-state index in [1.165, 1.54) is 0 Å². The second-order valence-electron chi connectivity index (χ2n) is 5.46. The molecule has 0 aliphatic carbocycles. The summed E-state index contributed by atoms with van der Waals surface area (Å²) in [5, 5.41) is -0.222. The molecule has 1 fully saturated rings. The summed E-state index contributed by atoms with van der Waals surface area (Å²) in [7, 11) is 1.85. The van der Waals surface area contributed by atoms with E-state index in [9.17, 15) is 4.79 Å². The SMILES string of the molecule is Cc1cccc2nc(C(C)Cl)n(C3CCN(C)C3=O)c12. The van der Waals surface area contributed by atoms with Gasteiger partial charge in [0.25, 0.3) is 0 Å². The highest BCUT2D eigenvalue weighted by molar-refractivity contribution is 6.20. The van der Waals surface area contributed by atoms with Gasteiger partial charge in [-0.2, -0.15) is 0 Å². The molecule has 1 aliphatic rings. The standard InChI is InChI=1S/C15H18ClN3O/c1-9-5-4-6-11-13(9)19(14(17-11)10(2)16)12-7-8-18(3)15(12)20/h4-6,10,12H,7-8H2,1-3H3. The van der Waals surface area contributed by atoms with Crippen molar-refractivity contribution in [3.05, 3.63) is 29.6 Å². The van der Waals surface area contributed by atoms with Crippen LogP contribution in [0.15, 0.2) is 18.2 Å². The van der Waals surface area contributed by atoms with Crippen LogP contribution in [0.3, 0.4) is 0 Å². The summed E-state index contributed by atoms with van der Waals surface area (Å²) in [4.78, 5) is 18.8. The highest BCUT2D eigenvalue weighted by Gasteiger charge is 2.34. The summed E-state index contributed by atoms with van der Waals surface area (Å²) in [6, 6.07) is 5.83. The zero-order valence-electron chi connectivity index (χ0n) is 11.9. The topological polar surface area (TPSA) is 38.1 Å². The number of amides is 1. The number of fused-ring (bicyclic) bond motifs is 1. The molecule has 1 aromatic carbocycles. The molecule has 0 N–H and O–H groups in total. The summed E-state index contributed by atoms with van der Waals surface area (Å²) < 4.78 is 2.05. The molecule has 1 amide bonds. The number of hydrogen-bond donors (Lipinski definition) is 0. The van der Waals surface area contributed by atoms with Gasteiger partial charge in [-0.05, 0) is 31.9 Å². The van der Waals surface area contributed by atoms with Crippen molar-refractivity contribution in [1.29, 1.82) is 0 Å². The third-order valence-corrected chi connectivity index (χ3v) is 4.20. The lowest BCUT2D eigenvalue weighted by molar-refractivity contribution is -0.129. The first-order valence-electron chi connectivity index (χ1n) is 6.87. The smallest absolute Gasteiger partial charge is 0.245 e. The number of likely N-dealkylation sites (tertiary alicyclic amines) is 1. The first kappa shape index (κ1) is 13.4. The number of likely N-dealkylation sites (N-methyl/N-ethyl adjacent to an activating group) is 1. The van der Waals surface area contributed by atoms with Crippen LogP contribution >= 0.6 is 11.6 Å². The van der Waals surface area contributed by atoms with E-state index in [4.69, 9.17) is 11.6 Å². The normalized spacial score (nSPS) is 20.9. The maximum Gasteiger partial charge on any atom is 0.245 e. The monoisotopic (exact) mass is 291 g/mol. The van der Waals surface area contributed by atoms with Crippen LogP contribution in [0.1, 0.15) is 36.2 Å². The molecule has 106 valence electrons. The molecule has 4 nitrogen and oxygen atoms in total. The minimum atomic E-state index is -0.222. The number of aryl methyl sites for hydroxylation is 1. The number of benzene rings is 1. The Labute approximate surface area is 123 Å². The third kappa shape index (κ3) is 1.90. The molecule has 20 heavy (non-hydrogen) atoms. The Morgan fingerprint density at radius 3 is 2.80 bits per heavy atom. The number of alkyl halides is 1. The number of para-hydroxylation sites is 1. The van der Waals surface area contributed by atoms with E-state index in [1.54, 1.807) is 4.90 Å². The van der Waals surface area contributed by atoms with Crippen LogP contribution in [0.5, 0.6) is 0 Å². The van der Waals surface area contributed by atoms with Crippen LogP contribution in [0.25, 0.3) is 11.0 Å². The fraction of sp³-hybridized carbons (Fsp3) is 0.467. The predicted molar refractivity (Wildman–Crippen MR) is 80.0 cm³/mol. The van der Waals surface area contributed by atoms with Crippen LogP contribution < -0.4 is 0 Å². The molecular weight excluding hydrogens is 274 g/mol. The lowest BCUT2D eigenvalue weighted by atomic mass is 10.1. The van der Waals surface area contributed by atoms with Crippen molar-refractivity contribution in [2.75, 3.05) is 13.6 Å². The fourth-order valence-corrected chi connectivity index (χ4v) is 3.13. The fourth-order valence-electron chi connectivity index (χ4n) is 2.98. The van der Waals surface area contributed by atoms with Crippen molar-refractivity contribution in [2.24, 2.45) is 0 Å². The van der Waals surface area contributed by atoms with Gasteiger partial charge in [0.05, 0.1) is 16.4 Å². The number of nitrogens with zero attached hydrogens (tertiary/aromatic N) is 3. The van der Waals surface area contributed by atoms with E-state index in [0.29, 0.717) is 0 Å². The number of rotatable bonds is 2. The Hall–Kier alpha value is -1.55. The summed E-state index contributed by atoms with van der Waals surface area (Å²) in [5.74, 6) is 0.927. The molecule has 0 radical (unpaired) electrons. The van der Waals surface area contributed by atoms with Gasteiger partial charge in [0.2, 0.25) is 5.91 Å². The van der Waals surface area contributed by atoms with Gasteiger partial charge in [0, 0.05) is 13.6 Å². The molecule has 3 rings (SSSR count). The molecule has 0 spiro atoms. The first-order chi connectivity index (χ1) is 9.50. The minimum absolute atomic E-state index is 0.145. The average molecular weight is 292 g/mol. The van der Waals surface area contributed by atoms with Crippen molar-refractivity contribution in [2.45, 2.75) is 31.7 Å². The zero-order chi connectivity index (χ0) is 14.4. The summed E-state index contributed by atoms with van der Waals surface area (Å²) in [5.41, 5.74) is 3.07. The Balaban J connectivity index is 2.27. The van der Waals surface area contributed by atoms with Gasteiger partial charge >= 0.3 is 0 Å². The molecule has 1 aromatic heterocycles. The largest absolute Gasteiger partial charge is 0.344 e. The lowest BCUT2D eigenvalue weighted by Gasteiger charge is -2.17. The van der Waals surface area contributed by atoms with Gasteiger partial charge in [-0.3, -0.25) is 4.79 Å². The molecule has 0 saturated carbocycles. The van der Waals surface area contributed by atoms with Crippen LogP contribution in [-0.2, 0) is 4.79 Å². The van der Waals surface area contributed by atoms with Crippen molar-refractivity contribution in [3.63, 3.8) is 0 Å². The van der Waals surface area contributed by atoms with E-state index < -0.39 is 0 Å². The number of imidazole rings is 1. The average Bonchev–Trinajstić information content (AvgIpc) is 2.93. The highest BCUT2D eigenvalue weighted by Crippen LogP contribution is 2.33. The molecule has 2 heterocycles. The Bertz CT molecular complexity index is 677. The van der Waals surface area contributed by atoms with Crippen LogP contribution in [0.2, 0.25) is 0 Å². The Morgan fingerprint density at radius 1 is 1.45 bits per heavy atom. The van der Waals surface area contributed by atoms with Gasteiger partial charge in [0.15, 0.2) is 0 Å². The van der Waals surface area contributed by atoms with Gasteiger partial charge in [0.1, 0.15) is 11.9 Å². The Kier molecular flexibility index (Phi) is 3.21. The van der Waals surface area contributed by atoms with E-state index in [-0.39, 0.29) is 17.3 Å². The second kappa shape index (κ2) is 4.77. The molecule has 1 saturated heterocycles. The molecule has 1 aliphatic heterocycles. The van der Waals surface area contributed by atoms with Gasteiger partial charge in [-0.25, -0.2) is 4.98 Å². The summed E-state index contributed by atoms with van der Waals surface area (Å²) >= 11 is 6.29. The number of halogens is 1. The molecule has 2 unspecified atom stereocenters. The van der Waals surface area contributed by atoms with Crippen LogP contribution in [0.4, 0.5) is 0 Å². The van der Waals surface area contributed by atoms with Gasteiger partial charge < -0.3 is 9.47 Å².